The maximum Gasteiger partial charge on any atom is 0.411 e. The van der Waals surface area contributed by atoms with Gasteiger partial charge in [0, 0.05) is 12.6 Å². The second kappa shape index (κ2) is 12.8. The molecule has 0 unspecified atom stereocenters. The largest absolute Gasteiger partial charge is 0.444 e. The summed E-state index contributed by atoms with van der Waals surface area (Å²) in [5, 5.41) is 0. The minimum absolute atomic E-state index is 0.0905. The number of hydrogen-bond acceptors (Lipinski definition) is 6. The molecular weight excluding hydrogens is 652 g/mol. The third-order valence-corrected chi connectivity index (χ3v) is 10.5. The zero-order valence-electron chi connectivity index (χ0n) is 30.9. The maximum absolute atomic E-state index is 13.3. The van der Waals surface area contributed by atoms with Gasteiger partial charge < -0.3 is 19.4 Å². The van der Waals surface area contributed by atoms with Gasteiger partial charge in [-0.05, 0) is 120 Å². The first kappa shape index (κ1) is 34.0. The van der Waals surface area contributed by atoms with Gasteiger partial charge in [-0.3, -0.25) is 9.80 Å². The molecule has 2 aromatic heterocycles. The van der Waals surface area contributed by atoms with Crippen LogP contribution < -0.4 is 0 Å². The number of carbonyl (C=O) groups is 2. The van der Waals surface area contributed by atoms with E-state index in [0.717, 1.165) is 88.3 Å². The van der Waals surface area contributed by atoms with Crippen LogP contribution in [0.4, 0.5) is 9.59 Å². The number of hydrogen-bond donors (Lipinski definition) is 2. The molecule has 3 aromatic carbocycles. The number of amides is 2. The molecule has 2 saturated heterocycles. The average Bonchev–Trinajstić information content (AvgIpc) is 3.94. The third-order valence-electron chi connectivity index (χ3n) is 10.5. The summed E-state index contributed by atoms with van der Waals surface area (Å²) in [5.74, 6) is 2.03. The lowest BCUT2D eigenvalue weighted by molar-refractivity contribution is 0.00616. The molecule has 1 saturated carbocycles. The number of piperidine rings is 1. The zero-order valence-corrected chi connectivity index (χ0v) is 30.9. The summed E-state index contributed by atoms with van der Waals surface area (Å²) in [6.45, 7) is 12.1. The van der Waals surface area contributed by atoms with Gasteiger partial charge in [0.15, 0.2) is 0 Å². The monoisotopic (exact) mass is 700 g/mol. The summed E-state index contributed by atoms with van der Waals surface area (Å²) >= 11 is 0. The van der Waals surface area contributed by atoms with E-state index >= 15 is 0 Å². The SMILES string of the molecule is CC(C)(C)OC(=O)N1CCC[C@H]1c1ncc(-c2ccc(-c3ccc(-c4ccc5nc([C@@H]6[C@@H]7CC[C@@H](C7)N6C(=O)OC(C)(C)C)[nH]c5c4)cc3)cc2)[nH]1. The maximum atomic E-state index is 13.3. The van der Waals surface area contributed by atoms with Crippen molar-refractivity contribution in [2.75, 3.05) is 6.54 Å². The number of aromatic amines is 2. The van der Waals surface area contributed by atoms with Gasteiger partial charge in [0.2, 0.25) is 0 Å². The molecule has 8 rings (SSSR count). The van der Waals surface area contributed by atoms with Crippen molar-refractivity contribution in [1.82, 2.24) is 29.7 Å². The summed E-state index contributed by atoms with van der Waals surface area (Å²) in [6.07, 6.45) is 6.21. The number of imidazole rings is 2. The predicted molar refractivity (Wildman–Crippen MR) is 201 cm³/mol. The Morgan fingerprint density at radius 3 is 2.02 bits per heavy atom. The molecule has 52 heavy (non-hydrogen) atoms. The van der Waals surface area contributed by atoms with Crippen LogP contribution >= 0.6 is 0 Å². The number of aromatic nitrogens is 4. The van der Waals surface area contributed by atoms with Crippen LogP contribution in [0.3, 0.4) is 0 Å². The number of likely N-dealkylation sites (tertiary alicyclic amines) is 2. The Bertz CT molecular complexity index is 2100. The van der Waals surface area contributed by atoms with Crippen LogP contribution in [-0.4, -0.2) is 65.7 Å². The van der Waals surface area contributed by atoms with Gasteiger partial charge in [-0.2, -0.15) is 0 Å². The Hall–Kier alpha value is -5.12. The highest BCUT2D eigenvalue weighted by atomic mass is 16.6. The molecule has 0 spiro atoms. The van der Waals surface area contributed by atoms with Crippen molar-refractivity contribution in [3.8, 4) is 33.5 Å². The highest BCUT2D eigenvalue weighted by molar-refractivity contribution is 5.83. The summed E-state index contributed by atoms with van der Waals surface area (Å²) in [7, 11) is 0. The molecule has 4 heterocycles. The van der Waals surface area contributed by atoms with E-state index in [1.165, 1.54) is 0 Å². The van der Waals surface area contributed by atoms with Crippen molar-refractivity contribution in [3.63, 3.8) is 0 Å². The van der Waals surface area contributed by atoms with E-state index in [-0.39, 0.29) is 30.3 Å². The lowest BCUT2D eigenvalue weighted by Crippen LogP contribution is -2.43. The van der Waals surface area contributed by atoms with Crippen LogP contribution in [0.25, 0.3) is 44.5 Å². The van der Waals surface area contributed by atoms with Crippen molar-refractivity contribution < 1.29 is 19.1 Å². The molecule has 2 N–H and O–H groups in total. The van der Waals surface area contributed by atoms with Gasteiger partial charge in [-0.15, -0.1) is 0 Å². The number of rotatable bonds is 5. The van der Waals surface area contributed by atoms with Crippen molar-refractivity contribution >= 4 is 23.2 Å². The number of benzene rings is 3. The molecule has 2 aliphatic heterocycles. The highest BCUT2D eigenvalue weighted by Gasteiger charge is 2.51. The van der Waals surface area contributed by atoms with Gasteiger partial charge in [0.05, 0.1) is 35.0 Å². The number of ether oxygens (including phenoxy) is 2. The normalized spacial score (nSPS) is 21.7. The van der Waals surface area contributed by atoms with Gasteiger partial charge in [-0.25, -0.2) is 19.6 Å². The molecule has 2 bridgehead atoms. The Morgan fingerprint density at radius 1 is 0.731 bits per heavy atom. The minimum Gasteiger partial charge on any atom is -0.444 e. The van der Waals surface area contributed by atoms with E-state index in [1.807, 2.05) is 52.6 Å². The molecule has 0 radical (unpaired) electrons. The lowest BCUT2D eigenvalue weighted by Gasteiger charge is -2.35. The number of fused-ring (bicyclic) bond motifs is 3. The lowest BCUT2D eigenvalue weighted by atomic mass is 9.98. The fourth-order valence-corrected chi connectivity index (χ4v) is 8.21. The molecule has 1 aliphatic carbocycles. The number of carbonyl (C=O) groups excluding carboxylic acids is 2. The van der Waals surface area contributed by atoms with Gasteiger partial charge in [0.1, 0.15) is 22.9 Å². The van der Waals surface area contributed by atoms with Crippen LogP contribution in [0.2, 0.25) is 0 Å². The van der Waals surface area contributed by atoms with Crippen LogP contribution in [0.5, 0.6) is 0 Å². The van der Waals surface area contributed by atoms with E-state index in [2.05, 4.69) is 81.7 Å². The quantitative estimate of drug-likeness (QED) is 0.189. The van der Waals surface area contributed by atoms with Crippen LogP contribution in [0, 0.1) is 5.92 Å². The van der Waals surface area contributed by atoms with E-state index < -0.39 is 11.2 Å². The summed E-state index contributed by atoms with van der Waals surface area (Å²) < 4.78 is 11.5. The molecule has 2 amide bonds. The first-order chi connectivity index (χ1) is 24.8. The Labute approximate surface area is 304 Å². The summed E-state index contributed by atoms with van der Waals surface area (Å²) in [5.41, 5.74) is 7.21. The Kier molecular flexibility index (Phi) is 8.38. The predicted octanol–water partition coefficient (Wildman–Crippen LogP) is 9.82. The minimum atomic E-state index is -0.541. The second-order valence-corrected chi connectivity index (χ2v) is 16.6. The fourth-order valence-electron chi connectivity index (χ4n) is 8.21. The average molecular weight is 701 g/mol. The first-order valence-corrected chi connectivity index (χ1v) is 18.6. The van der Waals surface area contributed by atoms with Crippen LogP contribution in [0.1, 0.15) is 97.4 Å². The molecule has 270 valence electrons. The number of nitrogens with zero attached hydrogens (tertiary/aromatic N) is 4. The number of H-pyrrole nitrogens is 2. The molecule has 4 atom stereocenters. The highest BCUT2D eigenvalue weighted by Crippen LogP contribution is 2.50. The summed E-state index contributed by atoms with van der Waals surface area (Å²) in [6, 6.07) is 23.4. The first-order valence-electron chi connectivity index (χ1n) is 18.6. The van der Waals surface area contributed by atoms with Crippen molar-refractivity contribution in [2.24, 2.45) is 5.92 Å². The van der Waals surface area contributed by atoms with Crippen molar-refractivity contribution in [2.45, 2.75) is 103 Å². The third kappa shape index (κ3) is 6.66. The van der Waals surface area contributed by atoms with Crippen LogP contribution in [-0.2, 0) is 9.47 Å². The second-order valence-electron chi connectivity index (χ2n) is 16.6. The van der Waals surface area contributed by atoms with E-state index in [1.54, 1.807) is 4.90 Å². The van der Waals surface area contributed by atoms with Gasteiger partial charge >= 0.3 is 12.2 Å². The molecular formula is C42H48N6O4. The topological polar surface area (TPSA) is 116 Å². The smallest absolute Gasteiger partial charge is 0.411 e. The van der Waals surface area contributed by atoms with Gasteiger partial charge in [-0.1, -0.05) is 54.6 Å². The molecule has 5 aromatic rings. The molecule has 10 nitrogen and oxygen atoms in total. The van der Waals surface area contributed by atoms with Crippen molar-refractivity contribution in [1.29, 1.82) is 0 Å². The van der Waals surface area contributed by atoms with Crippen molar-refractivity contribution in [3.05, 3.63) is 84.6 Å². The summed E-state index contributed by atoms with van der Waals surface area (Å²) in [4.78, 5) is 46.5. The van der Waals surface area contributed by atoms with Gasteiger partial charge in [0.25, 0.3) is 0 Å². The fraction of sp³-hybridized carbons (Fsp3) is 0.429. The van der Waals surface area contributed by atoms with E-state index in [9.17, 15) is 9.59 Å². The Balaban J connectivity index is 0.957. The molecule has 10 heteroatoms. The number of nitrogens with one attached hydrogen (secondary N) is 2. The molecule has 3 fully saturated rings. The van der Waals surface area contributed by atoms with E-state index in [0.29, 0.717) is 12.5 Å². The Morgan fingerprint density at radius 2 is 1.35 bits per heavy atom. The standard InChI is InChI=1S/C42H48N6O4/c1-41(2,3)51-39(49)47-21-7-8-35(47)37-43-24-34(46-37)28-15-13-26(14-16-28)25-9-11-27(12-10-25)29-18-20-32-33(23-29)45-38(44-32)36-30-17-19-31(22-30)48(36)40(50)52-42(4,5)6/h9-16,18,20,23-24,30-31,35-36H,7-8,17,19,21-22H2,1-6H3,(H,43,46)(H,44,45)/t30-,31+,35+,36+/m1/s1. The zero-order chi connectivity index (χ0) is 36.4. The van der Waals surface area contributed by atoms with Crippen LogP contribution in [0.15, 0.2) is 72.9 Å². The molecule has 3 aliphatic rings. The van der Waals surface area contributed by atoms with E-state index in [4.69, 9.17) is 14.5 Å².